The van der Waals surface area contributed by atoms with Gasteiger partial charge in [0, 0.05) is 10.6 Å². The van der Waals surface area contributed by atoms with Crippen molar-refractivity contribution in [1.82, 2.24) is 4.98 Å². The summed E-state index contributed by atoms with van der Waals surface area (Å²) in [6.07, 6.45) is 5.67. The predicted molar refractivity (Wildman–Crippen MR) is 123 cm³/mol. The molecule has 3 rings (SSSR count). The molecule has 0 unspecified atom stereocenters. The van der Waals surface area contributed by atoms with Crippen molar-refractivity contribution in [1.29, 1.82) is 0 Å². The van der Waals surface area contributed by atoms with E-state index in [-0.39, 0.29) is 5.91 Å². The highest BCUT2D eigenvalue weighted by atomic mass is 35.5. The van der Waals surface area contributed by atoms with E-state index in [1.54, 1.807) is 18.2 Å². The van der Waals surface area contributed by atoms with Crippen molar-refractivity contribution in [2.24, 2.45) is 0 Å². The summed E-state index contributed by atoms with van der Waals surface area (Å²) < 4.78 is 6.63. The van der Waals surface area contributed by atoms with Crippen molar-refractivity contribution in [2.45, 2.75) is 39.0 Å². The molecule has 0 aliphatic rings. The fourth-order valence-corrected chi connectivity index (χ4v) is 4.56. The molecule has 1 amide bonds. The lowest BCUT2D eigenvalue weighted by Crippen LogP contribution is -2.12. The van der Waals surface area contributed by atoms with Gasteiger partial charge in [-0.25, -0.2) is 4.98 Å². The van der Waals surface area contributed by atoms with Crippen LogP contribution in [-0.4, -0.2) is 17.5 Å². The fraction of sp³-hybridized carbons (Fsp3) is 0.333. The summed E-state index contributed by atoms with van der Waals surface area (Å²) in [4.78, 5) is 17.0. The number of aromatic nitrogens is 1. The Kier molecular flexibility index (Phi) is 8.01. The van der Waals surface area contributed by atoms with E-state index in [9.17, 15) is 4.79 Å². The first-order valence-electron chi connectivity index (χ1n) is 9.47. The average molecular weight is 472 g/mol. The van der Waals surface area contributed by atoms with Crippen molar-refractivity contribution in [3.8, 4) is 5.75 Å². The number of rotatable bonds is 9. The smallest absolute Gasteiger partial charge is 0.257 e. The van der Waals surface area contributed by atoms with Gasteiger partial charge in [-0.1, -0.05) is 78.7 Å². The zero-order chi connectivity index (χ0) is 20.8. The number of thiazole rings is 1. The van der Waals surface area contributed by atoms with Crippen LogP contribution in [0.4, 0.5) is 5.13 Å². The van der Waals surface area contributed by atoms with Gasteiger partial charge in [0.25, 0.3) is 5.91 Å². The molecule has 29 heavy (non-hydrogen) atoms. The molecule has 0 bridgehead atoms. The Hall–Kier alpha value is -1.53. The van der Waals surface area contributed by atoms with Crippen LogP contribution in [0.15, 0.2) is 30.3 Å². The van der Waals surface area contributed by atoms with Gasteiger partial charge in [-0.2, -0.15) is 0 Å². The molecular weight excluding hydrogens is 451 g/mol. The maximum Gasteiger partial charge on any atom is 0.257 e. The molecule has 1 heterocycles. The Morgan fingerprint density at radius 1 is 1.07 bits per heavy atom. The van der Waals surface area contributed by atoms with Crippen LogP contribution in [0.5, 0.6) is 5.75 Å². The summed E-state index contributed by atoms with van der Waals surface area (Å²) in [5.74, 6) is 0.0695. The standard InChI is InChI=1S/C21H21Cl3N2O2S/c1-2-3-4-5-6-9-28-19-15(23)10-13(11-16(19)24)20(27)26-21-25-17-8-7-14(22)12-18(17)29-21/h7-8,10-12H,2-6,9H2,1H3,(H,25,26,27). The third-order valence-electron chi connectivity index (χ3n) is 4.33. The van der Waals surface area contributed by atoms with Crippen LogP contribution in [0, 0.1) is 0 Å². The number of ether oxygens (including phenoxy) is 1. The van der Waals surface area contributed by atoms with E-state index >= 15 is 0 Å². The minimum atomic E-state index is -0.343. The molecule has 4 nitrogen and oxygen atoms in total. The van der Waals surface area contributed by atoms with Crippen LogP contribution in [0.2, 0.25) is 15.1 Å². The van der Waals surface area contributed by atoms with Crippen molar-refractivity contribution < 1.29 is 9.53 Å². The minimum absolute atomic E-state index is 0.312. The number of fused-ring (bicyclic) bond motifs is 1. The van der Waals surface area contributed by atoms with Gasteiger partial charge < -0.3 is 4.74 Å². The van der Waals surface area contributed by atoms with Crippen LogP contribution in [0.3, 0.4) is 0 Å². The van der Waals surface area contributed by atoms with Crippen LogP contribution in [0.1, 0.15) is 49.4 Å². The number of amides is 1. The highest BCUT2D eigenvalue weighted by molar-refractivity contribution is 7.22. The van der Waals surface area contributed by atoms with E-state index in [2.05, 4.69) is 17.2 Å². The number of nitrogens with one attached hydrogen (secondary N) is 1. The first-order valence-corrected chi connectivity index (χ1v) is 11.4. The molecule has 0 saturated heterocycles. The second kappa shape index (κ2) is 10.5. The number of anilines is 1. The zero-order valence-electron chi connectivity index (χ0n) is 15.9. The predicted octanol–water partition coefficient (Wildman–Crippen LogP) is 7.86. The SMILES string of the molecule is CCCCCCCOc1c(Cl)cc(C(=O)Nc2nc3ccc(Cl)cc3s2)cc1Cl. The number of hydrogen-bond donors (Lipinski definition) is 1. The summed E-state index contributed by atoms with van der Waals surface area (Å²) in [6.45, 7) is 2.73. The van der Waals surface area contributed by atoms with Crippen molar-refractivity contribution in [3.05, 3.63) is 51.0 Å². The Balaban J connectivity index is 1.64. The Morgan fingerprint density at radius 2 is 1.79 bits per heavy atom. The van der Waals surface area contributed by atoms with E-state index in [0.717, 1.165) is 23.1 Å². The summed E-state index contributed by atoms with van der Waals surface area (Å²) in [6, 6.07) is 8.49. The molecule has 0 atom stereocenters. The van der Waals surface area contributed by atoms with E-state index < -0.39 is 0 Å². The van der Waals surface area contributed by atoms with Gasteiger partial charge in [-0.15, -0.1) is 0 Å². The highest BCUT2D eigenvalue weighted by Crippen LogP contribution is 2.35. The van der Waals surface area contributed by atoms with Gasteiger partial charge in [0.2, 0.25) is 0 Å². The molecule has 154 valence electrons. The number of carbonyl (C=O) groups excluding carboxylic acids is 1. The molecule has 0 aliphatic carbocycles. The lowest BCUT2D eigenvalue weighted by Gasteiger charge is -2.11. The van der Waals surface area contributed by atoms with E-state index in [4.69, 9.17) is 39.5 Å². The lowest BCUT2D eigenvalue weighted by atomic mass is 10.2. The topological polar surface area (TPSA) is 51.2 Å². The minimum Gasteiger partial charge on any atom is -0.490 e. The van der Waals surface area contributed by atoms with Gasteiger partial charge in [0.05, 0.1) is 26.9 Å². The molecule has 0 spiro atoms. The second-order valence-electron chi connectivity index (χ2n) is 6.62. The third-order valence-corrected chi connectivity index (χ3v) is 6.06. The number of unbranched alkanes of at least 4 members (excludes halogenated alkanes) is 4. The molecule has 2 aromatic carbocycles. The average Bonchev–Trinajstić information content (AvgIpc) is 3.07. The summed E-state index contributed by atoms with van der Waals surface area (Å²) in [5, 5.41) is 4.51. The molecule has 1 N–H and O–H groups in total. The first kappa shape index (κ1) is 22.2. The van der Waals surface area contributed by atoms with Gasteiger partial charge in [-0.3, -0.25) is 10.1 Å². The number of carbonyl (C=O) groups is 1. The van der Waals surface area contributed by atoms with Crippen LogP contribution < -0.4 is 10.1 Å². The first-order chi connectivity index (χ1) is 14.0. The normalized spacial score (nSPS) is 11.0. The molecule has 0 aliphatic heterocycles. The van der Waals surface area contributed by atoms with Gasteiger partial charge >= 0.3 is 0 Å². The van der Waals surface area contributed by atoms with Gasteiger partial charge in [0.1, 0.15) is 0 Å². The van der Waals surface area contributed by atoms with E-state index in [0.29, 0.717) is 38.1 Å². The largest absolute Gasteiger partial charge is 0.490 e. The quantitative estimate of drug-likeness (QED) is 0.323. The molecule has 3 aromatic rings. The van der Waals surface area contributed by atoms with E-state index in [1.165, 1.54) is 30.6 Å². The Morgan fingerprint density at radius 3 is 2.52 bits per heavy atom. The fourth-order valence-electron chi connectivity index (χ4n) is 2.83. The monoisotopic (exact) mass is 470 g/mol. The maximum atomic E-state index is 12.6. The maximum absolute atomic E-state index is 12.6. The number of nitrogens with zero attached hydrogens (tertiary/aromatic N) is 1. The lowest BCUT2D eigenvalue weighted by molar-refractivity contribution is 0.102. The van der Waals surface area contributed by atoms with Crippen molar-refractivity contribution >= 4 is 67.4 Å². The van der Waals surface area contributed by atoms with Crippen LogP contribution >= 0.6 is 46.1 Å². The molecular formula is C21H21Cl3N2O2S. The summed E-state index contributed by atoms with van der Waals surface area (Å²) in [7, 11) is 0. The van der Waals surface area contributed by atoms with Gasteiger partial charge in [-0.05, 0) is 36.8 Å². The Labute approximate surface area is 189 Å². The molecule has 0 saturated carbocycles. The molecule has 1 aromatic heterocycles. The number of hydrogen-bond acceptors (Lipinski definition) is 4. The number of benzene rings is 2. The van der Waals surface area contributed by atoms with Crippen molar-refractivity contribution in [2.75, 3.05) is 11.9 Å². The van der Waals surface area contributed by atoms with Crippen LogP contribution in [0.25, 0.3) is 10.2 Å². The molecule has 0 fully saturated rings. The number of halogens is 3. The Bertz CT molecular complexity index is 984. The summed E-state index contributed by atoms with van der Waals surface area (Å²) >= 11 is 20.0. The van der Waals surface area contributed by atoms with Crippen molar-refractivity contribution in [3.63, 3.8) is 0 Å². The summed E-state index contributed by atoms with van der Waals surface area (Å²) in [5.41, 5.74) is 1.11. The third kappa shape index (κ3) is 5.98. The van der Waals surface area contributed by atoms with E-state index in [1.807, 2.05) is 12.1 Å². The zero-order valence-corrected chi connectivity index (χ0v) is 19.0. The van der Waals surface area contributed by atoms with Crippen LogP contribution in [-0.2, 0) is 0 Å². The van der Waals surface area contributed by atoms with Gasteiger partial charge in [0.15, 0.2) is 10.9 Å². The molecule has 8 heteroatoms. The molecule has 0 radical (unpaired) electrons. The highest BCUT2D eigenvalue weighted by Gasteiger charge is 2.16. The second-order valence-corrected chi connectivity index (χ2v) is 8.90.